The zero-order valence-electron chi connectivity index (χ0n) is 12.3. The minimum absolute atomic E-state index is 0.0898. The third-order valence-corrected chi connectivity index (χ3v) is 3.93. The molecule has 2 atom stereocenters. The second-order valence-electron chi connectivity index (χ2n) is 6.79. The number of nitrogens with zero attached hydrogens (tertiary/aromatic N) is 3. The molecule has 4 nitrogen and oxygen atoms in total. The summed E-state index contributed by atoms with van der Waals surface area (Å²) in [5.41, 5.74) is 6.11. The van der Waals surface area contributed by atoms with Gasteiger partial charge < -0.3 is 10.6 Å². The van der Waals surface area contributed by atoms with Crippen molar-refractivity contribution in [2.45, 2.75) is 64.6 Å². The second kappa shape index (κ2) is 5.08. The number of aliphatic imine (C=N–C) groups is 1. The van der Waals surface area contributed by atoms with Crippen LogP contribution < -0.4 is 5.73 Å². The molecule has 2 fully saturated rings. The van der Waals surface area contributed by atoms with E-state index in [1.54, 1.807) is 0 Å². The average molecular weight is 252 g/mol. The van der Waals surface area contributed by atoms with Crippen LogP contribution in [0.1, 0.15) is 47.0 Å². The van der Waals surface area contributed by atoms with E-state index in [9.17, 15) is 0 Å². The molecule has 0 saturated carbocycles. The fourth-order valence-corrected chi connectivity index (χ4v) is 3.08. The lowest BCUT2D eigenvalue weighted by atomic mass is 9.97. The van der Waals surface area contributed by atoms with Crippen molar-refractivity contribution in [3.8, 4) is 0 Å². The molecule has 0 aromatic rings. The van der Waals surface area contributed by atoms with Crippen LogP contribution in [0.3, 0.4) is 0 Å². The molecule has 0 amide bonds. The maximum atomic E-state index is 6.20. The average Bonchev–Trinajstić information content (AvgIpc) is 2.25. The van der Waals surface area contributed by atoms with Crippen LogP contribution >= 0.6 is 0 Å². The van der Waals surface area contributed by atoms with Gasteiger partial charge in [-0.25, -0.2) is 4.99 Å². The first-order chi connectivity index (χ1) is 8.37. The minimum Gasteiger partial charge on any atom is -0.370 e. The van der Waals surface area contributed by atoms with Gasteiger partial charge in [-0.1, -0.05) is 6.42 Å². The summed E-state index contributed by atoms with van der Waals surface area (Å²) in [4.78, 5) is 9.56. The van der Waals surface area contributed by atoms with E-state index in [1.807, 2.05) is 0 Å². The van der Waals surface area contributed by atoms with Gasteiger partial charge in [-0.3, -0.25) is 4.90 Å². The van der Waals surface area contributed by atoms with Crippen LogP contribution in [0, 0.1) is 0 Å². The molecule has 0 aromatic heterocycles. The van der Waals surface area contributed by atoms with Gasteiger partial charge in [-0.15, -0.1) is 0 Å². The van der Waals surface area contributed by atoms with Gasteiger partial charge in [-0.05, 0) is 47.1 Å². The standard InChI is InChI=1S/C14H28N4/c1-11-9-17-8-6-5-7-12(17)10-18(11)13(15)16-14(2,3)4/h11-12H,5-10H2,1-4H3,(H2,15,16). The van der Waals surface area contributed by atoms with Crippen molar-refractivity contribution < 1.29 is 0 Å². The topological polar surface area (TPSA) is 44.9 Å². The van der Waals surface area contributed by atoms with Gasteiger partial charge >= 0.3 is 0 Å². The molecule has 2 unspecified atom stereocenters. The third kappa shape index (κ3) is 3.16. The van der Waals surface area contributed by atoms with Crippen LogP contribution in [0.5, 0.6) is 0 Å². The fraction of sp³-hybridized carbons (Fsp3) is 0.929. The number of fused-ring (bicyclic) bond motifs is 1. The molecule has 2 aliphatic heterocycles. The fourth-order valence-electron chi connectivity index (χ4n) is 3.08. The van der Waals surface area contributed by atoms with Crippen molar-refractivity contribution in [1.82, 2.24) is 9.80 Å². The normalized spacial score (nSPS) is 31.3. The highest BCUT2D eigenvalue weighted by atomic mass is 15.4. The van der Waals surface area contributed by atoms with Gasteiger partial charge in [0, 0.05) is 25.2 Å². The summed E-state index contributed by atoms with van der Waals surface area (Å²) in [7, 11) is 0. The minimum atomic E-state index is -0.0898. The van der Waals surface area contributed by atoms with Crippen LogP contribution in [0.4, 0.5) is 0 Å². The summed E-state index contributed by atoms with van der Waals surface area (Å²) in [6.45, 7) is 12.0. The number of piperazine rings is 1. The maximum Gasteiger partial charge on any atom is 0.192 e. The van der Waals surface area contributed by atoms with Crippen molar-refractivity contribution in [1.29, 1.82) is 0 Å². The van der Waals surface area contributed by atoms with E-state index in [2.05, 4.69) is 42.5 Å². The molecule has 4 heteroatoms. The van der Waals surface area contributed by atoms with Crippen LogP contribution in [-0.2, 0) is 0 Å². The summed E-state index contributed by atoms with van der Waals surface area (Å²) < 4.78 is 0. The predicted molar refractivity (Wildman–Crippen MR) is 76.8 cm³/mol. The highest BCUT2D eigenvalue weighted by Gasteiger charge is 2.34. The first-order valence-electron chi connectivity index (χ1n) is 7.23. The van der Waals surface area contributed by atoms with E-state index in [0.717, 1.165) is 19.0 Å². The zero-order chi connectivity index (χ0) is 13.3. The van der Waals surface area contributed by atoms with Gasteiger partial charge in [-0.2, -0.15) is 0 Å². The van der Waals surface area contributed by atoms with Crippen molar-refractivity contribution in [2.24, 2.45) is 10.7 Å². The highest BCUT2D eigenvalue weighted by molar-refractivity contribution is 5.79. The molecule has 18 heavy (non-hydrogen) atoms. The summed E-state index contributed by atoms with van der Waals surface area (Å²) in [6, 6.07) is 1.16. The van der Waals surface area contributed by atoms with E-state index in [0.29, 0.717) is 12.1 Å². The van der Waals surface area contributed by atoms with Gasteiger partial charge in [0.05, 0.1) is 5.54 Å². The van der Waals surface area contributed by atoms with E-state index in [1.165, 1.54) is 25.8 Å². The molecule has 2 N–H and O–H groups in total. The SMILES string of the molecule is CC1CN2CCCCC2CN1C(N)=NC(C)(C)C. The third-order valence-electron chi connectivity index (χ3n) is 3.93. The molecule has 2 heterocycles. The Morgan fingerprint density at radius 1 is 1.22 bits per heavy atom. The van der Waals surface area contributed by atoms with Crippen LogP contribution in [0.25, 0.3) is 0 Å². The first kappa shape index (κ1) is 13.7. The highest BCUT2D eigenvalue weighted by Crippen LogP contribution is 2.24. The molecule has 0 radical (unpaired) electrons. The van der Waals surface area contributed by atoms with Gasteiger partial charge in [0.2, 0.25) is 0 Å². The lowest BCUT2D eigenvalue weighted by Gasteiger charge is -2.48. The Labute approximate surface area is 111 Å². The molecule has 2 saturated heterocycles. The number of guanidine groups is 1. The molecule has 0 bridgehead atoms. The lowest BCUT2D eigenvalue weighted by molar-refractivity contribution is 0.0493. The molecule has 104 valence electrons. The summed E-state index contributed by atoms with van der Waals surface area (Å²) in [6.07, 6.45) is 4.03. The van der Waals surface area contributed by atoms with E-state index >= 15 is 0 Å². The molecule has 0 aliphatic carbocycles. The van der Waals surface area contributed by atoms with E-state index < -0.39 is 0 Å². The van der Waals surface area contributed by atoms with Gasteiger partial charge in [0.15, 0.2) is 5.96 Å². The van der Waals surface area contributed by atoms with Crippen LogP contribution in [0.2, 0.25) is 0 Å². The quantitative estimate of drug-likeness (QED) is 0.527. The smallest absolute Gasteiger partial charge is 0.192 e. The number of hydrogen-bond donors (Lipinski definition) is 1. The lowest BCUT2D eigenvalue weighted by Crippen LogP contribution is -2.61. The number of piperidine rings is 1. The van der Waals surface area contributed by atoms with Crippen molar-refractivity contribution in [3.05, 3.63) is 0 Å². The second-order valence-corrected chi connectivity index (χ2v) is 6.79. The summed E-state index contributed by atoms with van der Waals surface area (Å²) >= 11 is 0. The number of rotatable bonds is 0. The number of nitrogens with two attached hydrogens (primary N) is 1. The largest absolute Gasteiger partial charge is 0.370 e. The Bertz CT molecular complexity index is 318. The Hall–Kier alpha value is -0.770. The molecular formula is C14H28N4. The van der Waals surface area contributed by atoms with E-state index in [-0.39, 0.29) is 5.54 Å². The number of hydrogen-bond acceptors (Lipinski definition) is 2. The van der Waals surface area contributed by atoms with E-state index in [4.69, 9.17) is 5.73 Å². The summed E-state index contributed by atoms with van der Waals surface area (Å²) in [5.74, 6) is 0.722. The Kier molecular flexibility index (Phi) is 3.85. The van der Waals surface area contributed by atoms with Crippen LogP contribution in [-0.4, -0.2) is 53.0 Å². The van der Waals surface area contributed by atoms with Crippen LogP contribution in [0.15, 0.2) is 4.99 Å². The zero-order valence-corrected chi connectivity index (χ0v) is 12.3. The molecule has 0 spiro atoms. The molecule has 0 aromatic carbocycles. The Morgan fingerprint density at radius 3 is 2.61 bits per heavy atom. The summed E-state index contributed by atoms with van der Waals surface area (Å²) in [5, 5.41) is 0. The molecule has 2 rings (SSSR count). The monoisotopic (exact) mass is 252 g/mol. The van der Waals surface area contributed by atoms with Gasteiger partial charge in [0.1, 0.15) is 0 Å². The van der Waals surface area contributed by atoms with Crippen molar-refractivity contribution in [3.63, 3.8) is 0 Å². The Morgan fingerprint density at radius 2 is 1.94 bits per heavy atom. The molecule has 2 aliphatic rings. The van der Waals surface area contributed by atoms with Gasteiger partial charge in [0.25, 0.3) is 0 Å². The maximum absolute atomic E-state index is 6.20. The van der Waals surface area contributed by atoms with Crippen molar-refractivity contribution >= 4 is 5.96 Å². The molecular weight excluding hydrogens is 224 g/mol. The first-order valence-corrected chi connectivity index (χ1v) is 7.23. The Balaban J connectivity index is 2.07. The van der Waals surface area contributed by atoms with Crippen molar-refractivity contribution in [2.75, 3.05) is 19.6 Å². The predicted octanol–water partition coefficient (Wildman–Crippen LogP) is 1.66.